The molecule has 10 heteroatoms. The van der Waals surface area contributed by atoms with Gasteiger partial charge in [0.1, 0.15) is 5.69 Å². The average Bonchev–Trinajstić information content (AvgIpc) is 2.62. The minimum Gasteiger partial charge on any atom is -0.490 e. The molecular formula is C16H16FN3O5S. The van der Waals surface area contributed by atoms with Crippen LogP contribution < -0.4 is 14.8 Å². The van der Waals surface area contributed by atoms with Gasteiger partial charge in [0.05, 0.1) is 22.5 Å². The summed E-state index contributed by atoms with van der Waals surface area (Å²) in [7, 11) is -2.59. The first kappa shape index (κ1) is 18.1. The zero-order valence-electron chi connectivity index (χ0n) is 13.7. The number of hydrogen-bond donors (Lipinski definition) is 2. The van der Waals surface area contributed by atoms with Crippen LogP contribution in [0.1, 0.15) is 18.0 Å². The van der Waals surface area contributed by atoms with Crippen molar-refractivity contribution in [3.8, 4) is 5.75 Å². The van der Waals surface area contributed by atoms with E-state index >= 15 is 0 Å². The lowest BCUT2D eigenvalue weighted by Crippen LogP contribution is -2.22. The first-order valence-corrected chi connectivity index (χ1v) is 9.21. The number of ether oxygens (including phenoxy) is 1. The molecule has 0 fully saturated rings. The Morgan fingerprint density at radius 3 is 2.77 bits per heavy atom. The molecule has 138 valence electrons. The molecule has 0 aromatic heterocycles. The molecule has 1 aliphatic rings. The fourth-order valence-corrected chi connectivity index (χ4v) is 3.54. The van der Waals surface area contributed by atoms with Gasteiger partial charge in [0.15, 0.2) is 11.6 Å². The Bertz CT molecular complexity index is 964. The molecule has 0 bridgehead atoms. The van der Waals surface area contributed by atoms with Crippen LogP contribution in [0.2, 0.25) is 0 Å². The van der Waals surface area contributed by atoms with Crippen LogP contribution in [-0.4, -0.2) is 27.0 Å². The minimum atomic E-state index is -3.81. The highest BCUT2D eigenvalue weighted by molar-refractivity contribution is 7.89. The summed E-state index contributed by atoms with van der Waals surface area (Å²) in [5.74, 6) is -0.382. The molecule has 3 rings (SSSR count). The Balaban J connectivity index is 1.99. The van der Waals surface area contributed by atoms with E-state index in [1.54, 1.807) is 6.07 Å². The molecule has 0 unspecified atom stereocenters. The maximum absolute atomic E-state index is 13.9. The van der Waals surface area contributed by atoms with Crippen molar-refractivity contribution in [1.29, 1.82) is 0 Å². The molecule has 0 saturated carbocycles. The topological polar surface area (TPSA) is 111 Å². The molecule has 26 heavy (non-hydrogen) atoms. The second kappa shape index (κ2) is 6.89. The highest BCUT2D eigenvalue weighted by Crippen LogP contribution is 2.38. The Labute approximate surface area is 149 Å². The lowest BCUT2D eigenvalue weighted by atomic mass is 10.00. The van der Waals surface area contributed by atoms with E-state index in [4.69, 9.17) is 4.74 Å². The van der Waals surface area contributed by atoms with E-state index in [-0.39, 0.29) is 28.6 Å². The third-order valence-electron chi connectivity index (χ3n) is 4.10. The second-order valence-electron chi connectivity index (χ2n) is 5.64. The Morgan fingerprint density at radius 2 is 2.08 bits per heavy atom. The third-order valence-corrected chi connectivity index (χ3v) is 5.51. The molecule has 0 saturated heterocycles. The van der Waals surface area contributed by atoms with Crippen LogP contribution in [0.4, 0.5) is 15.8 Å². The zero-order chi connectivity index (χ0) is 18.9. The van der Waals surface area contributed by atoms with Gasteiger partial charge in [-0.25, -0.2) is 17.5 Å². The Hall–Kier alpha value is -2.72. The Kier molecular flexibility index (Phi) is 4.79. The largest absolute Gasteiger partial charge is 0.490 e. The van der Waals surface area contributed by atoms with Crippen LogP contribution in [0.15, 0.2) is 41.3 Å². The fraction of sp³-hybridized carbons (Fsp3) is 0.250. The highest BCUT2D eigenvalue weighted by Gasteiger charge is 2.27. The average molecular weight is 381 g/mol. The third kappa shape index (κ3) is 3.33. The van der Waals surface area contributed by atoms with Gasteiger partial charge < -0.3 is 10.1 Å². The van der Waals surface area contributed by atoms with Crippen molar-refractivity contribution in [2.45, 2.75) is 17.4 Å². The molecule has 8 nitrogen and oxygen atoms in total. The number of hydrogen-bond acceptors (Lipinski definition) is 6. The van der Waals surface area contributed by atoms with Gasteiger partial charge in [0, 0.05) is 18.1 Å². The molecule has 0 amide bonds. The SMILES string of the molecule is CNS(=O)(=O)c1ccc(N[C@H]2CCOc3c(F)cccc32)c([N+](=O)[O-])c1. The van der Waals surface area contributed by atoms with Crippen LogP contribution in [0.3, 0.4) is 0 Å². The van der Waals surface area contributed by atoms with Crippen molar-refractivity contribution < 1.29 is 22.5 Å². The van der Waals surface area contributed by atoms with Gasteiger partial charge >= 0.3 is 0 Å². The smallest absolute Gasteiger partial charge is 0.293 e. The summed E-state index contributed by atoms with van der Waals surface area (Å²) in [5.41, 5.74) is 0.315. The quantitative estimate of drug-likeness (QED) is 0.608. The Morgan fingerprint density at radius 1 is 1.31 bits per heavy atom. The molecule has 2 N–H and O–H groups in total. The number of nitrogens with zero attached hydrogens (tertiary/aromatic N) is 1. The van der Waals surface area contributed by atoms with E-state index in [9.17, 15) is 22.9 Å². The lowest BCUT2D eigenvalue weighted by molar-refractivity contribution is -0.384. The zero-order valence-corrected chi connectivity index (χ0v) is 14.5. The number of rotatable bonds is 5. The molecule has 0 radical (unpaired) electrons. The maximum Gasteiger partial charge on any atom is 0.293 e. The van der Waals surface area contributed by atoms with Gasteiger partial charge in [-0.1, -0.05) is 12.1 Å². The van der Waals surface area contributed by atoms with Crippen molar-refractivity contribution in [2.75, 3.05) is 19.0 Å². The van der Waals surface area contributed by atoms with Crippen LogP contribution in [0, 0.1) is 15.9 Å². The standard InChI is InChI=1S/C16H16FN3O5S/c1-18-26(23,24)10-5-6-14(15(9-10)20(21)22)19-13-7-8-25-16-11(13)3-2-4-12(16)17/h2-6,9,13,18-19H,7-8H2,1H3/t13-/m0/s1. The van der Waals surface area contributed by atoms with Gasteiger partial charge in [-0.15, -0.1) is 0 Å². The number of fused-ring (bicyclic) bond motifs is 1. The summed E-state index contributed by atoms with van der Waals surface area (Å²) in [4.78, 5) is 10.5. The molecule has 1 aliphatic heterocycles. The maximum atomic E-state index is 13.9. The number of nitrogens with one attached hydrogen (secondary N) is 2. The van der Waals surface area contributed by atoms with E-state index in [0.29, 0.717) is 12.0 Å². The summed E-state index contributed by atoms with van der Waals surface area (Å²) in [6.45, 7) is 0.256. The first-order chi connectivity index (χ1) is 12.3. The van der Waals surface area contributed by atoms with Crippen LogP contribution in [0.25, 0.3) is 0 Å². The van der Waals surface area contributed by atoms with Crippen LogP contribution in [-0.2, 0) is 10.0 Å². The monoisotopic (exact) mass is 381 g/mol. The molecule has 1 heterocycles. The molecule has 0 spiro atoms. The van der Waals surface area contributed by atoms with Crippen molar-refractivity contribution in [2.24, 2.45) is 0 Å². The number of para-hydroxylation sites is 1. The molecule has 2 aromatic rings. The van der Waals surface area contributed by atoms with E-state index in [1.165, 1.54) is 31.3 Å². The van der Waals surface area contributed by atoms with E-state index in [1.807, 2.05) is 0 Å². The first-order valence-electron chi connectivity index (χ1n) is 7.73. The number of anilines is 1. The van der Waals surface area contributed by atoms with Gasteiger partial charge in [-0.2, -0.15) is 0 Å². The van der Waals surface area contributed by atoms with Crippen molar-refractivity contribution in [3.05, 3.63) is 57.9 Å². The fourth-order valence-electron chi connectivity index (χ4n) is 2.79. The number of sulfonamides is 1. The predicted octanol–water partition coefficient (Wildman–Crippen LogP) is 2.58. The lowest BCUT2D eigenvalue weighted by Gasteiger charge is -2.27. The summed E-state index contributed by atoms with van der Waals surface area (Å²) in [6.07, 6.45) is 0.476. The highest BCUT2D eigenvalue weighted by atomic mass is 32.2. The second-order valence-corrected chi connectivity index (χ2v) is 7.52. The normalized spacial score (nSPS) is 16.5. The van der Waals surface area contributed by atoms with Gasteiger partial charge in [-0.05, 0) is 25.2 Å². The number of nitro groups is 1. The summed E-state index contributed by atoms with van der Waals surface area (Å²) in [5, 5.41) is 14.4. The van der Waals surface area contributed by atoms with Crippen molar-refractivity contribution >= 4 is 21.4 Å². The van der Waals surface area contributed by atoms with E-state index < -0.39 is 26.8 Å². The summed E-state index contributed by atoms with van der Waals surface area (Å²) in [6, 6.07) is 7.68. The van der Waals surface area contributed by atoms with Crippen molar-refractivity contribution in [3.63, 3.8) is 0 Å². The van der Waals surface area contributed by atoms with Gasteiger partial charge in [0.25, 0.3) is 5.69 Å². The molecule has 0 aliphatic carbocycles. The van der Waals surface area contributed by atoms with E-state index in [0.717, 1.165) is 6.07 Å². The minimum absolute atomic E-state index is 0.119. The van der Waals surface area contributed by atoms with Gasteiger partial charge in [0.2, 0.25) is 10.0 Å². The van der Waals surface area contributed by atoms with Gasteiger partial charge in [-0.3, -0.25) is 10.1 Å². The molecule has 1 atom stereocenters. The molecular weight excluding hydrogens is 365 g/mol. The molecule has 2 aromatic carbocycles. The predicted molar refractivity (Wildman–Crippen MR) is 92.2 cm³/mol. The van der Waals surface area contributed by atoms with E-state index in [2.05, 4.69) is 10.0 Å². The summed E-state index contributed by atoms with van der Waals surface area (Å²) < 4.78 is 45.1. The van der Waals surface area contributed by atoms with Crippen LogP contribution >= 0.6 is 0 Å². The van der Waals surface area contributed by atoms with Crippen LogP contribution in [0.5, 0.6) is 5.75 Å². The van der Waals surface area contributed by atoms with Crippen molar-refractivity contribution in [1.82, 2.24) is 4.72 Å². The number of nitro benzene ring substituents is 1. The number of benzene rings is 2. The number of halogens is 1. The summed E-state index contributed by atoms with van der Waals surface area (Å²) >= 11 is 0.